The molecule has 1 aliphatic carbocycles. The molecular weight excluding hydrogens is 280 g/mol. The smallest absolute Gasteiger partial charge is 0.160 e. The molecule has 0 amide bonds. The lowest BCUT2D eigenvalue weighted by Gasteiger charge is -2.19. The summed E-state index contributed by atoms with van der Waals surface area (Å²) >= 11 is 0. The number of rotatable bonds is 2. The largest absolute Gasteiger partial charge is 0.295 e. The van der Waals surface area contributed by atoms with Crippen molar-refractivity contribution < 1.29 is 4.79 Å². The molecule has 0 aromatic heterocycles. The molecule has 1 unspecified atom stereocenters. The van der Waals surface area contributed by atoms with Gasteiger partial charge >= 0.3 is 0 Å². The fourth-order valence-electron chi connectivity index (χ4n) is 3.69. The fraction of sp³-hybridized carbons (Fsp3) is 0.136. The number of Topliss-reactive ketones (excluding diaryl/α,β-unsaturated/α-hetero) is 1. The van der Waals surface area contributed by atoms with Crippen molar-refractivity contribution in [2.75, 3.05) is 0 Å². The molecule has 1 heteroatoms. The second-order valence-electron chi connectivity index (χ2n) is 6.29. The van der Waals surface area contributed by atoms with Gasteiger partial charge in [-0.1, -0.05) is 60.2 Å². The molecule has 0 saturated heterocycles. The monoisotopic (exact) mass is 298 g/mol. The molecule has 4 rings (SSSR count). The van der Waals surface area contributed by atoms with E-state index in [0.717, 1.165) is 16.5 Å². The Kier molecular flexibility index (Phi) is 3.16. The molecule has 0 saturated carbocycles. The quantitative estimate of drug-likeness (QED) is 0.563. The van der Waals surface area contributed by atoms with Crippen LogP contribution in [0.3, 0.4) is 0 Å². The normalized spacial score (nSPS) is 16.3. The van der Waals surface area contributed by atoms with Gasteiger partial charge in [0.15, 0.2) is 5.78 Å². The first kappa shape index (κ1) is 14.0. The molecule has 3 aromatic rings. The maximum atomic E-state index is 12.3. The maximum absolute atomic E-state index is 12.3. The second-order valence-corrected chi connectivity index (χ2v) is 6.29. The minimum Gasteiger partial charge on any atom is -0.295 e. The zero-order valence-electron chi connectivity index (χ0n) is 13.3. The van der Waals surface area contributed by atoms with E-state index in [2.05, 4.69) is 55.5 Å². The number of hydrogen-bond acceptors (Lipinski definition) is 1. The summed E-state index contributed by atoms with van der Waals surface area (Å²) in [5.74, 6) is 0.303. The van der Waals surface area contributed by atoms with Crippen molar-refractivity contribution in [2.24, 2.45) is 0 Å². The van der Waals surface area contributed by atoms with Gasteiger partial charge in [0, 0.05) is 11.5 Å². The van der Waals surface area contributed by atoms with E-state index >= 15 is 0 Å². The van der Waals surface area contributed by atoms with Gasteiger partial charge in [0.05, 0.1) is 0 Å². The molecule has 0 spiro atoms. The van der Waals surface area contributed by atoms with Crippen LogP contribution in [0.25, 0.3) is 16.8 Å². The molecule has 1 nitrogen and oxygen atoms in total. The molecule has 112 valence electrons. The average molecular weight is 298 g/mol. The first-order chi connectivity index (χ1) is 11.1. The van der Waals surface area contributed by atoms with Crippen molar-refractivity contribution in [2.45, 2.75) is 19.8 Å². The van der Waals surface area contributed by atoms with Gasteiger partial charge in [-0.25, -0.2) is 0 Å². The Labute approximate surface area is 136 Å². The van der Waals surface area contributed by atoms with Crippen LogP contribution >= 0.6 is 0 Å². The van der Waals surface area contributed by atoms with Crippen LogP contribution in [0.4, 0.5) is 0 Å². The predicted molar refractivity (Wildman–Crippen MR) is 95.9 cm³/mol. The molecule has 0 N–H and O–H groups in total. The first-order valence-electron chi connectivity index (χ1n) is 7.96. The molecule has 3 aromatic carbocycles. The molecule has 0 heterocycles. The Morgan fingerprint density at radius 2 is 1.52 bits per heavy atom. The van der Waals surface area contributed by atoms with Crippen LogP contribution in [0.5, 0.6) is 0 Å². The van der Waals surface area contributed by atoms with Crippen LogP contribution in [-0.4, -0.2) is 5.78 Å². The number of hydrogen-bond donors (Lipinski definition) is 0. The number of fused-ring (bicyclic) bond motifs is 2. The summed E-state index contributed by atoms with van der Waals surface area (Å²) in [5.41, 5.74) is 5.80. The van der Waals surface area contributed by atoms with Gasteiger partial charge in [-0.2, -0.15) is 0 Å². The van der Waals surface area contributed by atoms with E-state index in [9.17, 15) is 4.79 Å². The summed E-state index contributed by atoms with van der Waals surface area (Å²) in [6, 6.07) is 20.9. The third kappa shape index (κ3) is 2.20. The maximum Gasteiger partial charge on any atom is 0.160 e. The molecule has 0 aliphatic heterocycles. The van der Waals surface area contributed by atoms with Crippen molar-refractivity contribution in [3.8, 4) is 0 Å². The second kappa shape index (κ2) is 5.20. The van der Waals surface area contributed by atoms with Crippen LogP contribution in [0.2, 0.25) is 0 Å². The Bertz CT molecular complexity index is 963. The third-order valence-corrected chi connectivity index (χ3v) is 4.75. The van der Waals surface area contributed by atoms with Crippen LogP contribution in [0.15, 0.2) is 66.2 Å². The van der Waals surface area contributed by atoms with E-state index in [4.69, 9.17) is 0 Å². The minimum absolute atomic E-state index is 0.128. The zero-order valence-corrected chi connectivity index (χ0v) is 13.3. The predicted octanol–water partition coefficient (Wildman–Crippen LogP) is 5.59. The number of carbonyl (C=O) groups excluding carboxylic acids is 1. The number of carbonyl (C=O) groups is 1. The topological polar surface area (TPSA) is 17.1 Å². The van der Waals surface area contributed by atoms with Crippen LogP contribution in [0.1, 0.15) is 46.8 Å². The summed E-state index contributed by atoms with van der Waals surface area (Å²) in [6.45, 7) is 3.82. The van der Waals surface area contributed by atoms with Gasteiger partial charge in [-0.3, -0.25) is 4.79 Å². The summed E-state index contributed by atoms with van der Waals surface area (Å²) < 4.78 is 0. The zero-order chi connectivity index (χ0) is 16.0. The molecule has 0 radical (unpaired) electrons. The Morgan fingerprint density at radius 3 is 2.26 bits per heavy atom. The van der Waals surface area contributed by atoms with E-state index in [0.29, 0.717) is 0 Å². The van der Waals surface area contributed by atoms with Crippen molar-refractivity contribution in [1.82, 2.24) is 0 Å². The Morgan fingerprint density at radius 1 is 0.870 bits per heavy atom. The van der Waals surface area contributed by atoms with E-state index < -0.39 is 0 Å². The summed E-state index contributed by atoms with van der Waals surface area (Å²) in [6.07, 6.45) is 2.24. The summed E-state index contributed by atoms with van der Waals surface area (Å²) in [4.78, 5) is 12.3. The van der Waals surface area contributed by atoms with E-state index in [1.54, 1.807) is 6.92 Å². The molecule has 23 heavy (non-hydrogen) atoms. The van der Waals surface area contributed by atoms with Gasteiger partial charge in [0.2, 0.25) is 0 Å². The number of benzene rings is 3. The van der Waals surface area contributed by atoms with Crippen LogP contribution < -0.4 is 0 Å². The molecule has 1 atom stereocenters. The summed E-state index contributed by atoms with van der Waals surface area (Å²) in [7, 11) is 0. The standard InChI is InChI=1S/C22H18O/c1-14-11-18-9-5-6-10-19(18)22(14)21-13-17-8-4-3-7-16(17)12-20(21)15(2)23/h3-13,22H,1-2H3. The van der Waals surface area contributed by atoms with Crippen LogP contribution in [-0.2, 0) is 0 Å². The highest BCUT2D eigenvalue weighted by atomic mass is 16.1. The third-order valence-electron chi connectivity index (χ3n) is 4.75. The van der Waals surface area contributed by atoms with Gasteiger partial charge in [-0.05, 0) is 53.4 Å². The number of allylic oxidation sites excluding steroid dienone is 1. The van der Waals surface area contributed by atoms with Gasteiger partial charge in [0.25, 0.3) is 0 Å². The molecule has 0 fully saturated rings. The fourth-order valence-corrected chi connectivity index (χ4v) is 3.69. The van der Waals surface area contributed by atoms with Crippen molar-refractivity contribution in [1.29, 1.82) is 0 Å². The van der Waals surface area contributed by atoms with E-state index in [1.807, 2.05) is 18.2 Å². The minimum atomic E-state index is 0.128. The van der Waals surface area contributed by atoms with Crippen molar-refractivity contribution in [3.63, 3.8) is 0 Å². The summed E-state index contributed by atoms with van der Waals surface area (Å²) in [5, 5.41) is 2.30. The van der Waals surface area contributed by atoms with E-state index in [-0.39, 0.29) is 11.7 Å². The van der Waals surface area contributed by atoms with E-state index in [1.165, 1.54) is 22.1 Å². The van der Waals surface area contributed by atoms with Gasteiger partial charge in [-0.15, -0.1) is 0 Å². The molecule has 0 bridgehead atoms. The molecular formula is C22H18O. The SMILES string of the molecule is CC(=O)c1cc2ccccc2cc1C1C(C)=Cc2ccccc21. The van der Waals surface area contributed by atoms with Gasteiger partial charge < -0.3 is 0 Å². The molecule has 1 aliphatic rings. The highest BCUT2D eigenvalue weighted by molar-refractivity contribution is 6.01. The Hall–Kier alpha value is -2.67. The lowest BCUT2D eigenvalue weighted by Crippen LogP contribution is -2.07. The van der Waals surface area contributed by atoms with Crippen molar-refractivity contribution in [3.05, 3.63) is 88.5 Å². The van der Waals surface area contributed by atoms with Gasteiger partial charge in [0.1, 0.15) is 0 Å². The first-order valence-corrected chi connectivity index (χ1v) is 7.96. The highest BCUT2D eigenvalue weighted by Crippen LogP contribution is 2.42. The lowest BCUT2D eigenvalue weighted by molar-refractivity contribution is 0.101. The highest BCUT2D eigenvalue weighted by Gasteiger charge is 2.27. The number of ketones is 1. The van der Waals surface area contributed by atoms with Crippen LogP contribution in [0, 0.1) is 0 Å². The average Bonchev–Trinajstić information content (AvgIpc) is 2.89. The van der Waals surface area contributed by atoms with Crippen molar-refractivity contribution >= 4 is 22.6 Å². The lowest BCUT2D eigenvalue weighted by atomic mass is 9.84. The Balaban J connectivity index is 2.00.